The van der Waals surface area contributed by atoms with Crippen LogP contribution in [0.25, 0.3) is 0 Å². The van der Waals surface area contributed by atoms with Crippen LogP contribution in [0.4, 0.5) is 10.7 Å². The number of hydrogen-bond acceptors (Lipinski definition) is 4. The van der Waals surface area contributed by atoms with E-state index in [9.17, 15) is 9.59 Å². The number of hydrogen-bond donors (Lipinski definition) is 2. The zero-order valence-electron chi connectivity index (χ0n) is 10.2. The number of amides is 3. The van der Waals surface area contributed by atoms with Crippen molar-refractivity contribution in [3.63, 3.8) is 0 Å². The molecule has 2 aromatic rings. The Morgan fingerprint density at radius 2 is 1.57 bits per heavy atom. The molecule has 1 heterocycles. The maximum Gasteiger partial charge on any atom is 0.328 e. The lowest BCUT2D eigenvalue weighted by molar-refractivity contribution is 0.0967. The SMILES string of the molecule is O=C(NC(=O)c1c(Cl)cccc1Cl)Nc1ncc(Cl)cn1. The molecule has 2 rings (SSSR count). The smallest absolute Gasteiger partial charge is 0.276 e. The summed E-state index contributed by atoms with van der Waals surface area (Å²) in [4.78, 5) is 31.1. The fourth-order valence-electron chi connectivity index (χ4n) is 1.39. The minimum atomic E-state index is -0.821. The van der Waals surface area contributed by atoms with Crippen molar-refractivity contribution < 1.29 is 9.59 Å². The standard InChI is InChI=1S/C12H7Cl3N4O2/c13-6-4-16-11(17-5-6)19-12(21)18-10(20)9-7(14)2-1-3-8(9)15/h1-5H,(H2,16,17,18,19,20,21). The van der Waals surface area contributed by atoms with Gasteiger partial charge >= 0.3 is 6.03 Å². The minimum absolute atomic E-state index is 0.00467. The third-order valence-corrected chi connectivity index (χ3v) is 3.09. The third-order valence-electron chi connectivity index (χ3n) is 2.26. The zero-order valence-corrected chi connectivity index (χ0v) is 12.5. The Labute approximate surface area is 134 Å². The molecule has 0 aliphatic rings. The molecule has 0 saturated carbocycles. The summed E-state index contributed by atoms with van der Waals surface area (Å²) in [5, 5.41) is 4.93. The van der Waals surface area contributed by atoms with Crippen LogP contribution in [0.2, 0.25) is 15.1 Å². The van der Waals surface area contributed by atoms with E-state index in [0.29, 0.717) is 5.02 Å². The Bertz CT molecular complexity index is 671. The lowest BCUT2D eigenvalue weighted by atomic mass is 10.2. The average Bonchev–Trinajstić information content (AvgIpc) is 2.41. The number of anilines is 1. The molecule has 0 saturated heterocycles. The lowest BCUT2D eigenvalue weighted by Crippen LogP contribution is -2.35. The summed E-state index contributed by atoms with van der Waals surface area (Å²) >= 11 is 17.3. The molecule has 0 fully saturated rings. The molecule has 0 bridgehead atoms. The van der Waals surface area contributed by atoms with Crippen molar-refractivity contribution in [3.05, 3.63) is 51.2 Å². The van der Waals surface area contributed by atoms with Crippen molar-refractivity contribution in [1.82, 2.24) is 15.3 Å². The lowest BCUT2D eigenvalue weighted by Gasteiger charge is -2.08. The normalized spacial score (nSPS) is 10.0. The second-order valence-corrected chi connectivity index (χ2v) is 4.98. The van der Waals surface area contributed by atoms with Crippen LogP contribution in [0.15, 0.2) is 30.6 Å². The summed E-state index contributed by atoms with van der Waals surface area (Å²) in [6.45, 7) is 0. The molecular weight excluding hydrogens is 339 g/mol. The van der Waals surface area contributed by atoms with E-state index in [1.54, 1.807) is 6.07 Å². The molecule has 3 amide bonds. The minimum Gasteiger partial charge on any atom is -0.276 e. The van der Waals surface area contributed by atoms with Crippen LogP contribution in [-0.2, 0) is 0 Å². The fraction of sp³-hybridized carbons (Fsp3) is 0. The molecule has 0 spiro atoms. The quantitative estimate of drug-likeness (QED) is 0.873. The van der Waals surface area contributed by atoms with Crippen LogP contribution in [0.3, 0.4) is 0 Å². The number of carbonyl (C=O) groups excluding carboxylic acids is 2. The van der Waals surface area contributed by atoms with Crippen LogP contribution in [0.5, 0.6) is 0 Å². The highest BCUT2D eigenvalue weighted by atomic mass is 35.5. The number of urea groups is 1. The topological polar surface area (TPSA) is 84.0 Å². The fourth-order valence-corrected chi connectivity index (χ4v) is 2.06. The molecule has 9 heteroatoms. The summed E-state index contributed by atoms with van der Waals surface area (Å²) in [6, 6.07) is 3.74. The number of benzene rings is 1. The first-order chi connectivity index (χ1) is 9.97. The average molecular weight is 346 g/mol. The van der Waals surface area contributed by atoms with Crippen LogP contribution >= 0.6 is 34.8 Å². The van der Waals surface area contributed by atoms with Gasteiger partial charge in [0.25, 0.3) is 5.91 Å². The van der Waals surface area contributed by atoms with Crippen molar-refractivity contribution >= 4 is 52.7 Å². The summed E-state index contributed by atoms with van der Waals surface area (Å²) in [7, 11) is 0. The monoisotopic (exact) mass is 344 g/mol. The van der Waals surface area contributed by atoms with E-state index >= 15 is 0 Å². The Morgan fingerprint density at radius 3 is 2.14 bits per heavy atom. The first-order valence-corrected chi connectivity index (χ1v) is 6.64. The summed E-state index contributed by atoms with van der Waals surface area (Å²) in [5.41, 5.74) is 0.00741. The highest BCUT2D eigenvalue weighted by Crippen LogP contribution is 2.23. The second kappa shape index (κ2) is 6.71. The van der Waals surface area contributed by atoms with E-state index in [1.165, 1.54) is 24.5 Å². The Morgan fingerprint density at radius 1 is 1.00 bits per heavy atom. The molecule has 21 heavy (non-hydrogen) atoms. The van der Waals surface area contributed by atoms with Crippen LogP contribution < -0.4 is 10.6 Å². The van der Waals surface area contributed by atoms with Gasteiger partial charge in [-0.05, 0) is 12.1 Å². The van der Waals surface area contributed by atoms with E-state index in [2.05, 4.69) is 20.6 Å². The van der Waals surface area contributed by atoms with Gasteiger partial charge in [-0.1, -0.05) is 40.9 Å². The maximum atomic E-state index is 11.9. The van der Waals surface area contributed by atoms with Gasteiger partial charge in [0.05, 0.1) is 33.0 Å². The van der Waals surface area contributed by atoms with Gasteiger partial charge in [-0.15, -0.1) is 0 Å². The Hall–Kier alpha value is -1.89. The maximum absolute atomic E-state index is 11.9. The summed E-state index contributed by atoms with van der Waals surface area (Å²) in [6.07, 6.45) is 2.61. The number of nitrogens with zero attached hydrogens (tertiary/aromatic N) is 2. The van der Waals surface area contributed by atoms with Crippen LogP contribution in [0, 0.1) is 0 Å². The summed E-state index contributed by atoms with van der Waals surface area (Å²) < 4.78 is 0. The van der Waals surface area contributed by atoms with Gasteiger partial charge in [0.1, 0.15) is 0 Å². The molecule has 108 valence electrons. The van der Waals surface area contributed by atoms with Gasteiger partial charge in [-0.3, -0.25) is 15.4 Å². The molecule has 0 radical (unpaired) electrons. The van der Waals surface area contributed by atoms with E-state index in [4.69, 9.17) is 34.8 Å². The highest BCUT2D eigenvalue weighted by molar-refractivity contribution is 6.40. The third kappa shape index (κ3) is 4.04. The number of carbonyl (C=O) groups is 2. The van der Waals surface area contributed by atoms with Gasteiger partial charge in [0.15, 0.2) is 0 Å². The molecule has 0 atom stereocenters. The van der Waals surface area contributed by atoms with Gasteiger partial charge < -0.3 is 0 Å². The van der Waals surface area contributed by atoms with Gasteiger partial charge in [-0.2, -0.15) is 0 Å². The summed E-state index contributed by atoms with van der Waals surface area (Å²) in [5.74, 6) is -0.744. The molecule has 0 aliphatic carbocycles. The number of imide groups is 1. The predicted octanol–water partition coefficient (Wildman–Crippen LogP) is 3.40. The molecule has 2 N–H and O–H groups in total. The van der Waals surface area contributed by atoms with Gasteiger partial charge in [0.2, 0.25) is 5.95 Å². The van der Waals surface area contributed by atoms with Crippen molar-refractivity contribution in [1.29, 1.82) is 0 Å². The van der Waals surface area contributed by atoms with E-state index < -0.39 is 11.9 Å². The molecule has 0 aliphatic heterocycles. The van der Waals surface area contributed by atoms with Crippen molar-refractivity contribution in [2.45, 2.75) is 0 Å². The molecule has 1 aromatic carbocycles. The zero-order chi connectivity index (χ0) is 15.4. The molecular formula is C12H7Cl3N4O2. The Kier molecular flexibility index (Phi) is 4.95. The second-order valence-electron chi connectivity index (χ2n) is 3.73. The number of rotatable bonds is 2. The molecule has 0 unspecified atom stereocenters. The number of aromatic nitrogens is 2. The largest absolute Gasteiger partial charge is 0.328 e. The van der Waals surface area contributed by atoms with E-state index in [-0.39, 0.29) is 21.6 Å². The molecule has 1 aromatic heterocycles. The highest BCUT2D eigenvalue weighted by Gasteiger charge is 2.17. The number of halogens is 3. The van der Waals surface area contributed by atoms with Crippen molar-refractivity contribution in [3.8, 4) is 0 Å². The van der Waals surface area contributed by atoms with E-state index in [0.717, 1.165) is 0 Å². The van der Waals surface area contributed by atoms with E-state index in [1.807, 2.05) is 0 Å². The van der Waals surface area contributed by atoms with Crippen LogP contribution in [-0.4, -0.2) is 21.9 Å². The van der Waals surface area contributed by atoms with Crippen molar-refractivity contribution in [2.75, 3.05) is 5.32 Å². The first kappa shape index (κ1) is 15.5. The predicted molar refractivity (Wildman–Crippen MR) is 80.0 cm³/mol. The van der Waals surface area contributed by atoms with Gasteiger partial charge in [-0.25, -0.2) is 14.8 Å². The number of nitrogens with one attached hydrogen (secondary N) is 2. The van der Waals surface area contributed by atoms with Gasteiger partial charge in [0, 0.05) is 0 Å². The molecule has 6 nitrogen and oxygen atoms in total. The first-order valence-electron chi connectivity index (χ1n) is 5.51. The Balaban J connectivity index is 2.06. The van der Waals surface area contributed by atoms with Crippen molar-refractivity contribution in [2.24, 2.45) is 0 Å². The van der Waals surface area contributed by atoms with Crippen LogP contribution in [0.1, 0.15) is 10.4 Å².